The van der Waals surface area contributed by atoms with E-state index < -0.39 is 5.54 Å². The van der Waals surface area contributed by atoms with E-state index in [0.717, 1.165) is 11.3 Å². The largest absolute Gasteiger partial charge is 0.361 e. The van der Waals surface area contributed by atoms with Gasteiger partial charge in [0.25, 0.3) is 5.91 Å². The number of hydrogen-bond acceptors (Lipinski definition) is 5. The number of hydrogen-bond donors (Lipinski definition) is 1. The normalized spacial score (nSPS) is 20.2. The maximum absolute atomic E-state index is 12.4. The minimum Gasteiger partial charge on any atom is -0.361 e. The lowest BCUT2D eigenvalue weighted by Gasteiger charge is -2.35. The Kier molecular flexibility index (Phi) is 3.50. The smallest absolute Gasteiger partial charge is 0.253 e. The lowest BCUT2D eigenvalue weighted by molar-refractivity contribution is -0.135. The van der Waals surface area contributed by atoms with Crippen LogP contribution in [-0.4, -0.2) is 46.3 Å². The summed E-state index contributed by atoms with van der Waals surface area (Å²) in [6, 6.07) is 0. The Morgan fingerprint density at radius 1 is 1.32 bits per heavy atom. The highest BCUT2D eigenvalue weighted by Crippen LogP contribution is 2.30. The molecule has 0 saturated carbocycles. The first kappa shape index (κ1) is 14.7. The van der Waals surface area contributed by atoms with E-state index in [4.69, 9.17) is 4.52 Å². The molecule has 2 aliphatic heterocycles. The van der Waals surface area contributed by atoms with E-state index in [2.05, 4.69) is 15.5 Å². The summed E-state index contributed by atoms with van der Waals surface area (Å²) in [6.45, 7) is 6.54. The van der Waals surface area contributed by atoms with Gasteiger partial charge in [-0.05, 0) is 33.6 Å². The molecular weight excluding hydrogens is 284 g/mol. The van der Waals surface area contributed by atoms with Crippen LogP contribution in [0.25, 0.3) is 0 Å². The molecule has 1 fully saturated rings. The number of nitrogens with zero attached hydrogens (tertiary/aromatic N) is 3. The lowest BCUT2D eigenvalue weighted by Crippen LogP contribution is -2.50. The second kappa shape index (κ2) is 5.23. The van der Waals surface area contributed by atoms with Crippen LogP contribution in [-0.2, 0) is 16.0 Å². The summed E-state index contributed by atoms with van der Waals surface area (Å²) in [7, 11) is 0. The van der Waals surface area contributed by atoms with E-state index in [1.54, 1.807) is 11.8 Å². The van der Waals surface area contributed by atoms with Gasteiger partial charge in [-0.1, -0.05) is 5.16 Å². The quantitative estimate of drug-likeness (QED) is 0.873. The zero-order chi connectivity index (χ0) is 15.9. The highest BCUT2D eigenvalue weighted by molar-refractivity contribution is 6.07. The summed E-state index contributed by atoms with van der Waals surface area (Å²) in [4.78, 5) is 30.7. The molecule has 7 heteroatoms. The number of piperidine rings is 1. The maximum atomic E-state index is 12.4. The Balaban J connectivity index is 1.64. The predicted octanol–water partition coefficient (Wildman–Crippen LogP) is 0.743. The van der Waals surface area contributed by atoms with Crippen molar-refractivity contribution in [3.8, 4) is 0 Å². The molecule has 1 aromatic heterocycles. The molecule has 2 aliphatic rings. The average Bonchev–Trinajstić information content (AvgIpc) is 2.93. The first-order valence-corrected chi connectivity index (χ1v) is 7.49. The van der Waals surface area contributed by atoms with Gasteiger partial charge in [0.15, 0.2) is 0 Å². The highest BCUT2D eigenvalue weighted by Gasteiger charge is 2.45. The Morgan fingerprint density at radius 2 is 2.00 bits per heavy atom. The number of nitrogens with one attached hydrogen (secondary N) is 1. The van der Waals surface area contributed by atoms with E-state index in [9.17, 15) is 9.59 Å². The van der Waals surface area contributed by atoms with Crippen LogP contribution in [0.1, 0.15) is 36.8 Å². The fraction of sp³-hybridized carbons (Fsp3) is 0.600. The maximum Gasteiger partial charge on any atom is 0.253 e. The van der Waals surface area contributed by atoms with Crippen molar-refractivity contribution in [2.45, 2.75) is 45.6 Å². The zero-order valence-corrected chi connectivity index (χ0v) is 13.1. The first-order valence-electron chi connectivity index (χ1n) is 7.49. The van der Waals surface area contributed by atoms with E-state index >= 15 is 0 Å². The van der Waals surface area contributed by atoms with Crippen LogP contribution in [0.15, 0.2) is 9.52 Å². The number of amides is 2. The Labute approximate surface area is 128 Å². The summed E-state index contributed by atoms with van der Waals surface area (Å²) in [5.41, 5.74) is 0.955. The van der Waals surface area contributed by atoms with E-state index in [-0.39, 0.29) is 11.8 Å². The summed E-state index contributed by atoms with van der Waals surface area (Å²) >= 11 is 0. The predicted molar refractivity (Wildman–Crippen MR) is 79.5 cm³/mol. The summed E-state index contributed by atoms with van der Waals surface area (Å²) in [6.07, 6.45) is 1.44. The van der Waals surface area contributed by atoms with Crippen LogP contribution in [0, 0.1) is 13.8 Å². The summed E-state index contributed by atoms with van der Waals surface area (Å²) in [5, 5.41) is 6.63. The van der Waals surface area contributed by atoms with Gasteiger partial charge in [-0.2, -0.15) is 0 Å². The van der Waals surface area contributed by atoms with Crippen LogP contribution in [0.5, 0.6) is 0 Å². The molecule has 0 atom stereocenters. The van der Waals surface area contributed by atoms with Crippen molar-refractivity contribution in [3.63, 3.8) is 0 Å². The molecule has 0 aromatic carbocycles. The van der Waals surface area contributed by atoms with Gasteiger partial charge in [0.2, 0.25) is 5.91 Å². The van der Waals surface area contributed by atoms with Gasteiger partial charge < -0.3 is 14.7 Å². The standard InChI is InChI=1S/C15H20N4O3/c1-9-12(10(2)22-18-9)8-13(20)19-6-4-15(5-7-19)14(21)16-11(3)17-15/h4-8H2,1-3H3,(H,16,17,21). The second-order valence-electron chi connectivity index (χ2n) is 6.04. The van der Waals surface area contributed by atoms with Gasteiger partial charge in [-0.15, -0.1) is 0 Å². The molecule has 0 bridgehead atoms. The number of aliphatic imine (C=N–C) groups is 1. The molecule has 0 aliphatic carbocycles. The Bertz CT molecular complexity index is 634. The van der Waals surface area contributed by atoms with Crippen LogP contribution in [0.3, 0.4) is 0 Å². The molecule has 2 amide bonds. The number of likely N-dealkylation sites (tertiary alicyclic amines) is 1. The van der Waals surface area contributed by atoms with Crippen molar-refractivity contribution in [2.75, 3.05) is 13.1 Å². The molecule has 118 valence electrons. The number of aryl methyl sites for hydroxylation is 2. The number of aromatic nitrogens is 1. The van der Waals surface area contributed by atoms with Gasteiger partial charge in [-0.25, -0.2) is 0 Å². The molecule has 1 spiro atoms. The summed E-state index contributed by atoms with van der Waals surface area (Å²) < 4.78 is 5.09. The molecule has 3 heterocycles. The van der Waals surface area contributed by atoms with Gasteiger partial charge in [0.05, 0.1) is 12.1 Å². The fourth-order valence-electron chi connectivity index (χ4n) is 3.16. The number of carbonyl (C=O) groups is 2. The van der Waals surface area contributed by atoms with Crippen molar-refractivity contribution in [1.82, 2.24) is 15.4 Å². The fourth-order valence-corrected chi connectivity index (χ4v) is 3.16. The third-order valence-electron chi connectivity index (χ3n) is 4.55. The van der Waals surface area contributed by atoms with Crippen LogP contribution >= 0.6 is 0 Å². The molecule has 3 rings (SSSR count). The number of rotatable bonds is 2. The Morgan fingerprint density at radius 3 is 2.50 bits per heavy atom. The molecule has 7 nitrogen and oxygen atoms in total. The average molecular weight is 304 g/mol. The Hall–Kier alpha value is -2.18. The molecule has 22 heavy (non-hydrogen) atoms. The van der Waals surface area contributed by atoms with Crippen molar-refractivity contribution >= 4 is 17.6 Å². The van der Waals surface area contributed by atoms with Gasteiger partial charge in [-0.3, -0.25) is 14.6 Å². The third kappa shape index (κ3) is 2.40. The minimum atomic E-state index is -0.663. The molecule has 1 saturated heterocycles. The van der Waals surface area contributed by atoms with Crippen molar-refractivity contribution in [2.24, 2.45) is 4.99 Å². The second-order valence-corrected chi connectivity index (χ2v) is 6.04. The van der Waals surface area contributed by atoms with Gasteiger partial charge in [0.1, 0.15) is 17.1 Å². The first-order chi connectivity index (χ1) is 10.4. The zero-order valence-electron chi connectivity index (χ0n) is 13.1. The van der Waals surface area contributed by atoms with Crippen molar-refractivity contribution < 1.29 is 14.1 Å². The third-order valence-corrected chi connectivity index (χ3v) is 4.55. The van der Waals surface area contributed by atoms with E-state index in [0.29, 0.717) is 43.9 Å². The van der Waals surface area contributed by atoms with E-state index in [1.165, 1.54) is 0 Å². The van der Waals surface area contributed by atoms with E-state index in [1.807, 2.05) is 13.8 Å². The highest BCUT2D eigenvalue weighted by atomic mass is 16.5. The topological polar surface area (TPSA) is 87.8 Å². The monoisotopic (exact) mass is 304 g/mol. The van der Waals surface area contributed by atoms with Gasteiger partial charge in [0, 0.05) is 18.7 Å². The van der Waals surface area contributed by atoms with Crippen molar-refractivity contribution in [1.29, 1.82) is 0 Å². The van der Waals surface area contributed by atoms with Crippen LogP contribution < -0.4 is 5.32 Å². The van der Waals surface area contributed by atoms with Crippen molar-refractivity contribution in [3.05, 3.63) is 17.0 Å². The van der Waals surface area contributed by atoms with Crippen LogP contribution in [0.4, 0.5) is 0 Å². The number of carbonyl (C=O) groups excluding carboxylic acids is 2. The lowest BCUT2D eigenvalue weighted by atomic mass is 9.88. The van der Waals surface area contributed by atoms with Crippen LogP contribution in [0.2, 0.25) is 0 Å². The van der Waals surface area contributed by atoms with Gasteiger partial charge >= 0.3 is 0 Å². The SMILES string of the molecule is CC1=NC2(CCN(C(=O)Cc3c(C)noc3C)CC2)C(=O)N1. The summed E-state index contributed by atoms with van der Waals surface area (Å²) in [5.74, 6) is 1.36. The number of amidine groups is 1. The molecule has 0 unspecified atom stereocenters. The molecule has 0 radical (unpaired) electrons. The molecule has 1 N–H and O–H groups in total. The minimum absolute atomic E-state index is 0.0391. The molecule has 1 aromatic rings. The molecular formula is C15H20N4O3.